The number of hydrogen-bond donors (Lipinski definition) is 2. The van der Waals surface area contributed by atoms with Gasteiger partial charge in [0.05, 0.1) is 5.56 Å². The molecule has 206 valence electrons. The Morgan fingerprint density at radius 2 is 1.85 bits per heavy atom. The van der Waals surface area contributed by atoms with Gasteiger partial charge in [-0.2, -0.15) is 4.98 Å². The number of halogens is 1. The highest BCUT2D eigenvalue weighted by atomic mass is 19.1. The van der Waals surface area contributed by atoms with Crippen LogP contribution in [0.5, 0.6) is 0 Å². The molecular formula is C32H27FN4O4. The van der Waals surface area contributed by atoms with Crippen molar-refractivity contribution in [1.29, 1.82) is 0 Å². The Balaban J connectivity index is 1.19. The van der Waals surface area contributed by atoms with E-state index in [0.29, 0.717) is 46.1 Å². The number of nitrogens with one attached hydrogen (secondary N) is 1. The lowest BCUT2D eigenvalue weighted by Gasteiger charge is -2.14. The van der Waals surface area contributed by atoms with E-state index in [9.17, 15) is 14.0 Å². The maximum atomic E-state index is 13.4. The van der Waals surface area contributed by atoms with Crippen molar-refractivity contribution in [3.05, 3.63) is 106 Å². The Morgan fingerprint density at radius 1 is 1.07 bits per heavy atom. The van der Waals surface area contributed by atoms with Crippen molar-refractivity contribution in [3.8, 4) is 11.1 Å². The first-order valence-corrected chi connectivity index (χ1v) is 13.7. The zero-order valence-corrected chi connectivity index (χ0v) is 22.4. The van der Waals surface area contributed by atoms with Crippen molar-refractivity contribution in [2.45, 2.75) is 50.5 Å². The second-order valence-corrected chi connectivity index (χ2v) is 11.1. The number of aromatic nitrogens is 2. The van der Waals surface area contributed by atoms with Crippen LogP contribution in [0.15, 0.2) is 69.6 Å². The van der Waals surface area contributed by atoms with Crippen molar-refractivity contribution in [2.75, 3.05) is 0 Å². The molecule has 2 fully saturated rings. The van der Waals surface area contributed by atoms with Gasteiger partial charge in [-0.1, -0.05) is 29.4 Å². The first-order chi connectivity index (χ1) is 19.8. The minimum atomic E-state index is -0.616. The Bertz CT molecular complexity index is 1830. The number of aryl methyl sites for hydroxylation is 1. The molecule has 2 saturated carbocycles. The maximum absolute atomic E-state index is 13.4. The molecule has 0 atom stereocenters. The summed E-state index contributed by atoms with van der Waals surface area (Å²) >= 11 is 0. The van der Waals surface area contributed by atoms with Gasteiger partial charge in [-0.15, -0.1) is 0 Å². The molecule has 0 spiro atoms. The Kier molecular flexibility index (Phi) is 5.78. The molecule has 3 aromatic carbocycles. The topological polar surface area (TPSA) is 124 Å². The van der Waals surface area contributed by atoms with E-state index in [2.05, 4.69) is 15.5 Å². The number of carbonyl (C=O) groups excluding carboxylic acids is 2. The largest absolute Gasteiger partial charge is 0.460 e. The molecule has 2 heterocycles. The van der Waals surface area contributed by atoms with E-state index in [-0.39, 0.29) is 11.7 Å². The third kappa shape index (κ3) is 4.67. The van der Waals surface area contributed by atoms with Crippen molar-refractivity contribution in [1.82, 2.24) is 15.5 Å². The third-order valence-electron chi connectivity index (χ3n) is 7.99. The molecule has 0 bridgehead atoms. The van der Waals surface area contributed by atoms with E-state index < -0.39 is 11.4 Å². The van der Waals surface area contributed by atoms with E-state index in [1.165, 1.54) is 12.1 Å². The highest BCUT2D eigenvalue weighted by molar-refractivity contribution is 6.07. The van der Waals surface area contributed by atoms with Crippen LogP contribution in [-0.2, 0) is 12.0 Å². The summed E-state index contributed by atoms with van der Waals surface area (Å²) in [7, 11) is 0. The molecule has 3 N–H and O–H groups in total. The molecular weight excluding hydrogens is 523 g/mol. The lowest BCUT2D eigenvalue weighted by atomic mass is 9.95. The van der Waals surface area contributed by atoms with Crippen molar-refractivity contribution in [3.63, 3.8) is 0 Å². The van der Waals surface area contributed by atoms with E-state index in [0.717, 1.165) is 53.8 Å². The zero-order valence-electron chi connectivity index (χ0n) is 22.4. The fraction of sp³-hybridized carbons (Fsp3) is 0.250. The first-order valence-electron chi connectivity index (χ1n) is 13.7. The van der Waals surface area contributed by atoms with Crippen LogP contribution in [0.4, 0.5) is 4.39 Å². The van der Waals surface area contributed by atoms with E-state index >= 15 is 0 Å². The molecule has 8 nitrogen and oxygen atoms in total. The number of primary amides is 1. The Hall–Kier alpha value is -4.79. The smallest absolute Gasteiger partial charge is 0.252 e. The van der Waals surface area contributed by atoms with Gasteiger partial charge in [0.25, 0.3) is 17.7 Å². The number of furan rings is 1. The van der Waals surface area contributed by atoms with E-state index in [1.807, 2.05) is 31.2 Å². The zero-order chi connectivity index (χ0) is 28.3. The summed E-state index contributed by atoms with van der Waals surface area (Å²) in [6.07, 6.45) is 3.94. The minimum Gasteiger partial charge on any atom is -0.460 e. The summed E-state index contributed by atoms with van der Waals surface area (Å²) in [4.78, 5) is 30.5. The van der Waals surface area contributed by atoms with Crippen LogP contribution >= 0.6 is 0 Å². The number of hydrogen-bond acceptors (Lipinski definition) is 6. The van der Waals surface area contributed by atoms with Gasteiger partial charge in [-0.25, -0.2) is 4.39 Å². The maximum Gasteiger partial charge on any atom is 0.252 e. The fourth-order valence-corrected chi connectivity index (χ4v) is 5.32. The monoisotopic (exact) mass is 550 g/mol. The predicted molar refractivity (Wildman–Crippen MR) is 149 cm³/mol. The van der Waals surface area contributed by atoms with Gasteiger partial charge < -0.3 is 20.0 Å². The summed E-state index contributed by atoms with van der Waals surface area (Å²) in [5.41, 5.74) is 9.89. The third-order valence-corrected chi connectivity index (χ3v) is 7.99. The second kappa shape index (κ2) is 9.40. The number of benzene rings is 3. The molecule has 2 aliphatic carbocycles. The number of rotatable bonds is 8. The minimum absolute atomic E-state index is 0.223. The first kappa shape index (κ1) is 25.2. The summed E-state index contributed by atoms with van der Waals surface area (Å²) in [6.45, 7) is 1.96. The SMILES string of the molecule is Cc1ccc(C(=O)NC2(c3nc(C4CC4)no3)CC2)cc1-c1ccc2oc(Cc3ccc(F)cc3)c(C(N)=O)c2c1. The molecule has 0 radical (unpaired) electrons. The van der Waals surface area contributed by atoms with Crippen LogP contribution in [-0.4, -0.2) is 22.0 Å². The molecule has 2 aliphatic rings. The van der Waals surface area contributed by atoms with E-state index in [4.69, 9.17) is 14.7 Å². The van der Waals surface area contributed by atoms with Crippen LogP contribution < -0.4 is 11.1 Å². The summed E-state index contributed by atoms with van der Waals surface area (Å²) in [5, 5.41) is 7.81. The van der Waals surface area contributed by atoms with Crippen molar-refractivity contribution in [2.24, 2.45) is 5.73 Å². The molecule has 2 amide bonds. The van der Waals surface area contributed by atoms with Crippen LogP contribution in [0.2, 0.25) is 0 Å². The fourth-order valence-electron chi connectivity index (χ4n) is 5.32. The number of carbonyl (C=O) groups is 2. The average molecular weight is 551 g/mol. The Morgan fingerprint density at radius 3 is 2.56 bits per heavy atom. The van der Waals surface area contributed by atoms with Gasteiger partial charge in [0.1, 0.15) is 22.7 Å². The number of nitrogens with zero attached hydrogens (tertiary/aromatic N) is 2. The molecule has 0 aliphatic heterocycles. The van der Waals surface area contributed by atoms with Gasteiger partial charge in [-0.3, -0.25) is 9.59 Å². The highest BCUT2D eigenvalue weighted by Gasteiger charge is 2.51. The van der Waals surface area contributed by atoms with Crippen molar-refractivity contribution < 1.29 is 22.9 Å². The standard InChI is InChI=1S/C32H27FN4O4/c1-17-2-5-21(30(39)36-32(12-13-32)31-35-29(37-41-31)19-6-7-19)16-23(17)20-8-11-25-24(15-20)27(28(34)38)26(40-25)14-18-3-9-22(33)10-4-18/h2-5,8-11,15-16,19H,6-7,12-14H2,1H3,(H2,34,38)(H,36,39). The predicted octanol–water partition coefficient (Wildman–Crippen LogP) is 5.92. The molecule has 5 aromatic rings. The number of fused-ring (bicyclic) bond motifs is 1. The van der Waals surface area contributed by atoms with Gasteiger partial charge in [0, 0.05) is 23.3 Å². The van der Waals surface area contributed by atoms with Crippen molar-refractivity contribution >= 4 is 22.8 Å². The quantitative estimate of drug-likeness (QED) is 0.247. The average Bonchev–Trinajstić information content (AvgIpc) is 3.87. The lowest BCUT2D eigenvalue weighted by Crippen LogP contribution is -2.35. The van der Waals surface area contributed by atoms with Crippen LogP contribution in [0.3, 0.4) is 0 Å². The molecule has 7 rings (SSSR count). The summed E-state index contributed by atoms with van der Waals surface area (Å²) in [6, 6.07) is 17.1. The van der Waals surface area contributed by atoms with E-state index in [1.54, 1.807) is 24.3 Å². The molecule has 41 heavy (non-hydrogen) atoms. The van der Waals surface area contributed by atoms with Gasteiger partial charge in [0.15, 0.2) is 5.82 Å². The number of nitrogens with two attached hydrogens (primary N) is 1. The van der Waals surface area contributed by atoms with Gasteiger partial charge in [0.2, 0.25) is 0 Å². The van der Waals surface area contributed by atoms with Gasteiger partial charge in [-0.05, 0) is 91.3 Å². The molecule has 0 saturated heterocycles. The number of amides is 2. The molecule has 2 aromatic heterocycles. The van der Waals surface area contributed by atoms with Crippen LogP contribution in [0, 0.1) is 12.7 Å². The summed E-state index contributed by atoms with van der Waals surface area (Å²) < 4.78 is 24.9. The summed E-state index contributed by atoms with van der Waals surface area (Å²) in [5.74, 6) is 0.822. The van der Waals surface area contributed by atoms with Gasteiger partial charge >= 0.3 is 0 Å². The highest BCUT2D eigenvalue weighted by Crippen LogP contribution is 2.46. The Labute approximate surface area is 234 Å². The molecule has 9 heteroatoms. The van der Waals surface area contributed by atoms with Crippen LogP contribution in [0.1, 0.15) is 80.9 Å². The second-order valence-electron chi connectivity index (χ2n) is 11.1. The molecule has 0 unspecified atom stereocenters. The normalized spacial score (nSPS) is 15.7. The lowest BCUT2D eigenvalue weighted by molar-refractivity contribution is 0.0920. The van der Waals surface area contributed by atoms with Crippen LogP contribution in [0.25, 0.3) is 22.1 Å².